The van der Waals surface area contributed by atoms with Crippen molar-refractivity contribution in [2.45, 2.75) is 12.5 Å². The quantitative estimate of drug-likeness (QED) is 0.594. The molecule has 1 aliphatic rings. The molecule has 0 aromatic heterocycles. The lowest BCUT2D eigenvalue weighted by Crippen LogP contribution is -2.29. The maximum atomic E-state index is 5.46. The van der Waals surface area contributed by atoms with Gasteiger partial charge in [-0.1, -0.05) is 0 Å². The predicted molar refractivity (Wildman–Crippen MR) is 39.1 cm³/mol. The van der Waals surface area contributed by atoms with Crippen molar-refractivity contribution in [1.29, 1.82) is 0 Å². The van der Waals surface area contributed by atoms with Gasteiger partial charge in [-0.2, -0.15) is 0 Å². The van der Waals surface area contributed by atoms with Crippen molar-refractivity contribution in [2.24, 2.45) is 0 Å². The van der Waals surface area contributed by atoms with E-state index in [2.05, 4.69) is 5.32 Å². The maximum Gasteiger partial charge on any atom is 0.0932 e. The van der Waals surface area contributed by atoms with Crippen molar-refractivity contribution in [1.82, 2.24) is 5.32 Å². The molecule has 0 aromatic rings. The van der Waals surface area contributed by atoms with E-state index in [0.717, 1.165) is 32.8 Å². The summed E-state index contributed by atoms with van der Waals surface area (Å²) >= 11 is 0. The van der Waals surface area contributed by atoms with Crippen LogP contribution >= 0.6 is 0 Å². The molecule has 0 amide bonds. The molecule has 0 radical (unpaired) electrons. The second kappa shape index (κ2) is 4.66. The van der Waals surface area contributed by atoms with Crippen LogP contribution in [0.4, 0.5) is 0 Å². The SMILES string of the molecule is CNCC1COCCCO1. The predicted octanol–water partition coefficient (Wildman–Crippen LogP) is 0.0113. The van der Waals surface area contributed by atoms with E-state index in [0.29, 0.717) is 0 Å². The van der Waals surface area contributed by atoms with Crippen molar-refractivity contribution in [3.63, 3.8) is 0 Å². The smallest absolute Gasteiger partial charge is 0.0932 e. The van der Waals surface area contributed by atoms with E-state index in [1.165, 1.54) is 0 Å². The van der Waals surface area contributed by atoms with Crippen LogP contribution in [0.25, 0.3) is 0 Å². The van der Waals surface area contributed by atoms with E-state index in [4.69, 9.17) is 9.47 Å². The normalized spacial score (nSPS) is 27.9. The Hall–Kier alpha value is -0.120. The van der Waals surface area contributed by atoms with E-state index >= 15 is 0 Å². The molecule has 1 N–H and O–H groups in total. The molecule has 1 rings (SSSR count). The van der Waals surface area contributed by atoms with Crippen molar-refractivity contribution >= 4 is 0 Å². The summed E-state index contributed by atoms with van der Waals surface area (Å²) in [5.74, 6) is 0. The second-order valence-electron chi connectivity index (χ2n) is 2.48. The van der Waals surface area contributed by atoms with Gasteiger partial charge in [0.1, 0.15) is 0 Å². The van der Waals surface area contributed by atoms with Crippen molar-refractivity contribution < 1.29 is 9.47 Å². The van der Waals surface area contributed by atoms with E-state index in [1.807, 2.05) is 7.05 Å². The fraction of sp³-hybridized carbons (Fsp3) is 1.00. The van der Waals surface area contributed by atoms with Crippen LogP contribution < -0.4 is 5.32 Å². The van der Waals surface area contributed by atoms with E-state index < -0.39 is 0 Å². The van der Waals surface area contributed by atoms with Gasteiger partial charge in [0.25, 0.3) is 0 Å². The number of likely N-dealkylation sites (N-methyl/N-ethyl adjacent to an activating group) is 1. The third-order valence-electron chi connectivity index (χ3n) is 1.52. The minimum Gasteiger partial charge on any atom is -0.379 e. The minimum atomic E-state index is 0.257. The summed E-state index contributed by atoms with van der Waals surface area (Å²) in [6.07, 6.45) is 1.28. The lowest BCUT2D eigenvalue weighted by molar-refractivity contribution is 0.0280. The topological polar surface area (TPSA) is 30.5 Å². The first-order chi connectivity index (χ1) is 4.93. The van der Waals surface area contributed by atoms with Gasteiger partial charge >= 0.3 is 0 Å². The zero-order valence-corrected chi connectivity index (χ0v) is 6.43. The van der Waals surface area contributed by atoms with Gasteiger partial charge in [-0.3, -0.25) is 0 Å². The summed E-state index contributed by atoms with van der Waals surface area (Å²) in [5, 5.41) is 3.06. The molecule has 60 valence electrons. The highest BCUT2D eigenvalue weighted by molar-refractivity contribution is 4.61. The van der Waals surface area contributed by atoms with Crippen LogP contribution in [0.3, 0.4) is 0 Å². The first-order valence-corrected chi connectivity index (χ1v) is 3.77. The Balaban J connectivity index is 2.15. The van der Waals surface area contributed by atoms with Crippen LogP contribution in [0.15, 0.2) is 0 Å². The van der Waals surface area contributed by atoms with Crippen LogP contribution in [-0.2, 0) is 9.47 Å². The van der Waals surface area contributed by atoms with Gasteiger partial charge in [0.05, 0.1) is 12.7 Å². The highest BCUT2D eigenvalue weighted by Gasteiger charge is 2.10. The van der Waals surface area contributed by atoms with Crippen molar-refractivity contribution in [2.75, 3.05) is 33.4 Å². The monoisotopic (exact) mass is 145 g/mol. The highest BCUT2D eigenvalue weighted by atomic mass is 16.5. The summed E-state index contributed by atoms with van der Waals surface area (Å²) in [5.41, 5.74) is 0. The van der Waals surface area contributed by atoms with Gasteiger partial charge in [0.15, 0.2) is 0 Å². The Labute approximate surface area is 61.7 Å². The molecule has 0 bridgehead atoms. The van der Waals surface area contributed by atoms with E-state index in [9.17, 15) is 0 Å². The van der Waals surface area contributed by atoms with Crippen LogP contribution in [0.2, 0.25) is 0 Å². The molecule has 1 aliphatic heterocycles. The van der Waals surface area contributed by atoms with Crippen LogP contribution in [0.1, 0.15) is 6.42 Å². The second-order valence-corrected chi connectivity index (χ2v) is 2.48. The van der Waals surface area contributed by atoms with E-state index in [-0.39, 0.29) is 6.10 Å². The number of hydrogen-bond acceptors (Lipinski definition) is 3. The average Bonchev–Trinajstić information content (AvgIpc) is 2.17. The molecule has 1 heterocycles. The molecule has 10 heavy (non-hydrogen) atoms. The summed E-state index contributed by atoms with van der Waals surface area (Å²) in [6, 6.07) is 0. The third-order valence-corrected chi connectivity index (χ3v) is 1.52. The van der Waals surface area contributed by atoms with Gasteiger partial charge in [-0.05, 0) is 13.5 Å². The third kappa shape index (κ3) is 2.64. The van der Waals surface area contributed by atoms with Gasteiger partial charge < -0.3 is 14.8 Å². The summed E-state index contributed by atoms with van der Waals surface area (Å²) in [7, 11) is 1.92. The number of rotatable bonds is 2. The number of ether oxygens (including phenoxy) is 2. The first-order valence-electron chi connectivity index (χ1n) is 3.77. The molecule has 3 nitrogen and oxygen atoms in total. The Bertz CT molecular complexity index is 79.7. The molecule has 3 heteroatoms. The Kier molecular flexibility index (Phi) is 3.72. The molecule has 0 aromatic carbocycles. The van der Waals surface area contributed by atoms with Crippen molar-refractivity contribution in [3.8, 4) is 0 Å². The van der Waals surface area contributed by atoms with Crippen LogP contribution in [0.5, 0.6) is 0 Å². The Morgan fingerprint density at radius 1 is 1.50 bits per heavy atom. The fourth-order valence-electron chi connectivity index (χ4n) is 1.02. The lowest BCUT2D eigenvalue weighted by Gasteiger charge is -2.12. The molecule has 1 saturated heterocycles. The Morgan fingerprint density at radius 2 is 2.40 bits per heavy atom. The zero-order chi connectivity index (χ0) is 7.23. The van der Waals surface area contributed by atoms with Crippen LogP contribution in [0, 0.1) is 0 Å². The molecule has 0 saturated carbocycles. The minimum absolute atomic E-state index is 0.257. The van der Waals surface area contributed by atoms with Crippen molar-refractivity contribution in [3.05, 3.63) is 0 Å². The van der Waals surface area contributed by atoms with Gasteiger partial charge in [0.2, 0.25) is 0 Å². The largest absolute Gasteiger partial charge is 0.379 e. The summed E-state index contributed by atoms with van der Waals surface area (Å²) in [6.45, 7) is 3.31. The van der Waals surface area contributed by atoms with Gasteiger partial charge in [0, 0.05) is 19.8 Å². The summed E-state index contributed by atoms with van der Waals surface area (Å²) < 4.78 is 10.8. The first kappa shape index (κ1) is 7.98. The molecule has 1 fully saturated rings. The summed E-state index contributed by atoms with van der Waals surface area (Å²) in [4.78, 5) is 0. The Morgan fingerprint density at radius 3 is 3.20 bits per heavy atom. The number of hydrogen-bond donors (Lipinski definition) is 1. The van der Waals surface area contributed by atoms with Gasteiger partial charge in [-0.15, -0.1) is 0 Å². The number of nitrogens with one attached hydrogen (secondary N) is 1. The average molecular weight is 145 g/mol. The zero-order valence-electron chi connectivity index (χ0n) is 6.43. The highest BCUT2D eigenvalue weighted by Crippen LogP contribution is 1.99. The fourth-order valence-corrected chi connectivity index (χ4v) is 1.02. The van der Waals surface area contributed by atoms with E-state index in [1.54, 1.807) is 0 Å². The molecular weight excluding hydrogens is 130 g/mol. The standard InChI is InChI=1S/C7H15NO2/c1-8-5-7-6-9-3-2-4-10-7/h7-8H,2-6H2,1H3. The molecular formula is C7H15NO2. The van der Waals surface area contributed by atoms with Gasteiger partial charge in [-0.25, -0.2) is 0 Å². The van der Waals surface area contributed by atoms with Crippen LogP contribution in [-0.4, -0.2) is 39.5 Å². The molecule has 1 atom stereocenters. The molecule has 0 spiro atoms. The maximum absolute atomic E-state index is 5.46. The lowest BCUT2D eigenvalue weighted by atomic mass is 10.4. The molecule has 1 unspecified atom stereocenters. The molecule has 0 aliphatic carbocycles.